The Bertz CT molecular complexity index is 818. The molecule has 0 spiro atoms. The van der Waals surface area contributed by atoms with E-state index in [1.54, 1.807) is 6.07 Å². The molecule has 0 aliphatic heterocycles. The van der Waals surface area contributed by atoms with Crippen LogP contribution in [0.15, 0.2) is 34.8 Å². The summed E-state index contributed by atoms with van der Waals surface area (Å²) in [7, 11) is 1.43. The largest absolute Gasteiger partial charge is 0.493 e. The number of methoxy groups -OCH3 is 1. The number of anilines is 1. The van der Waals surface area contributed by atoms with Gasteiger partial charge in [0, 0.05) is 16.2 Å². The zero-order valence-corrected chi connectivity index (χ0v) is 15.4. The minimum absolute atomic E-state index is 0.207. The smallest absolute Gasteiger partial charge is 0.262 e. The Balaban J connectivity index is 2.06. The number of rotatable bonds is 5. The van der Waals surface area contributed by atoms with Crippen molar-refractivity contribution in [3.63, 3.8) is 0 Å². The molecule has 0 saturated carbocycles. The molecule has 0 unspecified atom stereocenters. The van der Waals surface area contributed by atoms with Crippen LogP contribution in [0.1, 0.15) is 11.1 Å². The van der Waals surface area contributed by atoms with Crippen molar-refractivity contribution in [3.05, 3.63) is 51.0 Å². The summed E-state index contributed by atoms with van der Waals surface area (Å²) in [6, 6.07) is 10.4. The van der Waals surface area contributed by atoms with Gasteiger partial charge in [-0.25, -0.2) is 0 Å². The summed E-state index contributed by atoms with van der Waals surface area (Å²) in [4.78, 5) is 12.0. The van der Waals surface area contributed by atoms with E-state index >= 15 is 0 Å². The minimum atomic E-state index is -0.334. The topological polar surface area (TPSA) is 71.3 Å². The molecule has 2 aromatic rings. The Morgan fingerprint density at radius 3 is 2.75 bits per heavy atom. The van der Waals surface area contributed by atoms with E-state index in [1.165, 1.54) is 19.2 Å². The Hall–Kier alpha value is -2.23. The van der Waals surface area contributed by atoms with Gasteiger partial charge in [0.05, 0.1) is 23.8 Å². The van der Waals surface area contributed by atoms with Gasteiger partial charge in [-0.2, -0.15) is 5.26 Å². The maximum atomic E-state index is 12.0. The molecule has 1 amide bonds. The molecule has 0 aliphatic rings. The van der Waals surface area contributed by atoms with Crippen molar-refractivity contribution in [3.8, 4) is 17.6 Å². The van der Waals surface area contributed by atoms with Crippen LogP contribution in [0.3, 0.4) is 0 Å². The van der Waals surface area contributed by atoms with Crippen LogP contribution in [-0.4, -0.2) is 19.6 Å². The van der Waals surface area contributed by atoms with Crippen molar-refractivity contribution in [1.29, 1.82) is 5.26 Å². The van der Waals surface area contributed by atoms with Crippen LogP contribution in [0, 0.1) is 18.3 Å². The average Bonchev–Trinajstić information content (AvgIpc) is 2.56. The molecule has 2 aromatic carbocycles. The number of hydrogen-bond donors (Lipinski definition) is 1. The fourth-order valence-electron chi connectivity index (χ4n) is 1.98. The van der Waals surface area contributed by atoms with E-state index in [-0.39, 0.29) is 23.3 Å². The summed E-state index contributed by atoms with van der Waals surface area (Å²) in [6.07, 6.45) is 0. The molecule has 0 heterocycles. The van der Waals surface area contributed by atoms with Crippen LogP contribution in [0.2, 0.25) is 5.02 Å². The van der Waals surface area contributed by atoms with E-state index in [9.17, 15) is 4.79 Å². The first-order valence-electron chi connectivity index (χ1n) is 6.91. The summed E-state index contributed by atoms with van der Waals surface area (Å²) in [5, 5.41) is 11.9. The molecule has 124 valence electrons. The van der Waals surface area contributed by atoms with Crippen LogP contribution in [0.25, 0.3) is 0 Å². The van der Waals surface area contributed by atoms with Crippen molar-refractivity contribution >= 4 is 39.1 Å². The van der Waals surface area contributed by atoms with Gasteiger partial charge < -0.3 is 14.8 Å². The lowest BCUT2D eigenvalue weighted by Gasteiger charge is -2.13. The normalized spacial score (nSPS) is 9.96. The zero-order valence-electron chi connectivity index (χ0n) is 13.0. The maximum Gasteiger partial charge on any atom is 0.262 e. The zero-order chi connectivity index (χ0) is 17.7. The number of hydrogen-bond acceptors (Lipinski definition) is 4. The second kappa shape index (κ2) is 8.04. The SMILES string of the molecule is COc1cc(C#N)cc(Cl)c1OCC(=O)Nc1ccc(Br)c(C)c1. The molecule has 7 heteroatoms. The maximum absolute atomic E-state index is 12.0. The summed E-state index contributed by atoms with van der Waals surface area (Å²) in [5.74, 6) is 0.186. The molecule has 24 heavy (non-hydrogen) atoms. The number of nitrogens with zero attached hydrogens (tertiary/aromatic N) is 1. The predicted molar refractivity (Wildman–Crippen MR) is 95.7 cm³/mol. The third kappa shape index (κ3) is 4.40. The molecule has 0 bridgehead atoms. The molecule has 0 saturated heterocycles. The molecule has 1 N–H and O–H groups in total. The van der Waals surface area contributed by atoms with Crippen molar-refractivity contribution in [1.82, 2.24) is 0 Å². The Labute approximate surface area is 153 Å². The summed E-state index contributed by atoms with van der Waals surface area (Å²) < 4.78 is 11.6. The van der Waals surface area contributed by atoms with E-state index in [4.69, 9.17) is 26.3 Å². The monoisotopic (exact) mass is 408 g/mol. The molecule has 2 rings (SSSR count). The number of aryl methyl sites for hydroxylation is 1. The van der Waals surface area contributed by atoms with Gasteiger partial charge in [0.15, 0.2) is 18.1 Å². The fraction of sp³-hybridized carbons (Fsp3) is 0.176. The number of amides is 1. The number of nitrogens with one attached hydrogen (secondary N) is 1. The van der Waals surface area contributed by atoms with E-state index in [2.05, 4.69) is 21.2 Å². The average molecular weight is 410 g/mol. The van der Waals surface area contributed by atoms with Gasteiger partial charge in [-0.15, -0.1) is 0 Å². The van der Waals surface area contributed by atoms with E-state index in [1.807, 2.05) is 25.1 Å². The number of nitriles is 1. The van der Waals surface area contributed by atoms with Gasteiger partial charge in [0.25, 0.3) is 5.91 Å². The Morgan fingerprint density at radius 2 is 2.12 bits per heavy atom. The van der Waals surface area contributed by atoms with Crippen LogP contribution in [0.5, 0.6) is 11.5 Å². The van der Waals surface area contributed by atoms with Gasteiger partial charge in [0.1, 0.15) is 0 Å². The first-order chi connectivity index (χ1) is 11.4. The van der Waals surface area contributed by atoms with Gasteiger partial charge >= 0.3 is 0 Å². The standard InChI is InChI=1S/C17H14BrClN2O3/c1-10-5-12(3-4-13(10)18)21-16(22)9-24-17-14(19)6-11(8-20)7-15(17)23-2/h3-7H,9H2,1-2H3,(H,21,22). The quantitative estimate of drug-likeness (QED) is 0.799. The number of carbonyl (C=O) groups is 1. The minimum Gasteiger partial charge on any atom is -0.493 e. The predicted octanol–water partition coefficient (Wildman–Crippen LogP) is 4.31. The third-order valence-electron chi connectivity index (χ3n) is 3.15. The highest BCUT2D eigenvalue weighted by Gasteiger charge is 2.14. The molecule has 0 aliphatic carbocycles. The van der Waals surface area contributed by atoms with Crippen molar-refractivity contribution in [2.24, 2.45) is 0 Å². The lowest BCUT2D eigenvalue weighted by Crippen LogP contribution is -2.20. The highest BCUT2D eigenvalue weighted by Crippen LogP contribution is 2.36. The van der Waals surface area contributed by atoms with Crippen LogP contribution in [0.4, 0.5) is 5.69 Å². The Morgan fingerprint density at radius 1 is 1.38 bits per heavy atom. The van der Waals surface area contributed by atoms with Crippen LogP contribution >= 0.6 is 27.5 Å². The van der Waals surface area contributed by atoms with E-state index < -0.39 is 0 Å². The molecule has 0 radical (unpaired) electrons. The third-order valence-corrected chi connectivity index (χ3v) is 4.32. The van der Waals surface area contributed by atoms with E-state index in [0.29, 0.717) is 17.0 Å². The van der Waals surface area contributed by atoms with Crippen molar-refractivity contribution < 1.29 is 14.3 Å². The number of ether oxygens (including phenoxy) is 2. The van der Waals surface area contributed by atoms with Gasteiger partial charge in [0.2, 0.25) is 0 Å². The van der Waals surface area contributed by atoms with Crippen molar-refractivity contribution in [2.45, 2.75) is 6.92 Å². The fourth-order valence-corrected chi connectivity index (χ4v) is 2.49. The summed E-state index contributed by atoms with van der Waals surface area (Å²) in [5.41, 5.74) is 2.02. The number of halogens is 2. The van der Waals surface area contributed by atoms with Crippen molar-refractivity contribution in [2.75, 3.05) is 19.0 Å². The molecule has 0 fully saturated rings. The van der Waals surface area contributed by atoms with Gasteiger partial charge in [-0.3, -0.25) is 4.79 Å². The second-order valence-electron chi connectivity index (χ2n) is 4.90. The van der Waals surface area contributed by atoms with Crippen LogP contribution in [-0.2, 0) is 4.79 Å². The van der Waals surface area contributed by atoms with Gasteiger partial charge in [-0.1, -0.05) is 27.5 Å². The first-order valence-corrected chi connectivity index (χ1v) is 8.08. The van der Waals surface area contributed by atoms with Crippen LogP contribution < -0.4 is 14.8 Å². The van der Waals surface area contributed by atoms with E-state index in [0.717, 1.165) is 10.0 Å². The summed E-state index contributed by atoms with van der Waals surface area (Å²) in [6.45, 7) is 1.69. The lowest BCUT2D eigenvalue weighted by atomic mass is 10.2. The highest BCUT2D eigenvalue weighted by atomic mass is 79.9. The highest BCUT2D eigenvalue weighted by molar-refractivity contribution is 9.10. The number of benzene rings is 2. The lowest BCUT2D eigenvalue weighted by molar-refractivity contribution is -0.118. The Kier molecular flexibility index (Phi) is 6.07. The molecular weight excluding hydrogens is 396 g/mol. The first kappa shape index (κ1) is 18.1. The molecule has 0 atom stereocenters. The molecule has 0 aromatic heterocycles. The molecular formula is C17H14BrClN2O3. The van der Waals surface area contributed by atoms with Gasteiger partial charge in [-0.05, 0) is 36.8 Å². The second-order valence-corrected chi connectivity index (χ2v) is 6.16. The molecule has 5 nitrogen and oxygen atoms in total. The number of carbonyl (C=O) groups excluding carboxylic acids is 1. The summed E-state index contributed by atoms with van der Waals surface area (Å²) >= 11 is 9.48.